The Labute approximate surface area is 119 Å². The highest BCUT2D eigenvalue weighted by Crippen LogP contribution is 2.26. The Morgan fingerprint density at radius 2 is 2.10 bits per heavy atom. The van der Waals surface area contributed by atoms with Crippen LogP contribution in [-0.4, -0.2) is 39.3 Å². The van der Waals surface area contributed by atoms with E-state index in [2.05, 4.69) is 10.2 Å². The smallest absolute Gasteiger partial charge is 0.252 e. The third-order valence-electron chi connectivity index (χ3n) is 3.57. The van der Waals surface area contributed by atoms with Gasteiger partial charge in [-0.15, -0.1) is 10.2 Å². The van der Waals surface area contributed by atoms with E-state index in [-0.39, 0.29) is 23.5 Å². The van der Waals surface area contributed by atoms with Crippen molar-refractivity contribution in [1.82, 2.24) is 15.1 Å². The van der Waals surface area contributed by atoms with Crippen LogP contribution in [0.25, 0.3) is 0 Å². The van der Waals surface area contributed by atoms with Crippen LogP contribution in [0, 0.1) is 12.8 Å². The Bertz CT molecular complexity index is 478. The van der Waals surface area contributed by atoms with Crippen LogP contribution in [0.15, 0.2) is 4.42 Å². The largest absolute Gasteiger partial charge is 0.424 e. The summed E-state index contributed by atoms with van der Waals surface area (Å²) in [5, 5.41) is 7.78. The van der Waals surface area contributed by atoms with Crippen LogP contribution < -0.4 is 0 Å². The average Bonchev–Trinajstić information content (AvgIpc) is 2.93. The summed E-state index contributed by atoms with van der Waals surface area (Å²) in [7, 11) is 0. The predicted molar refractivity (Wildman–Crippen MR) is 72.9 cm³/mol. The molecular formula is C14H23N3O3. The molecule has 1 saturated heterocycles. The van der Waals surface area contributed by atoms with E-state index in [1.165, 1.54) is 0 Å². The Balaban J connectivity index is 2.17. The van der Waals surface area contributed by atoms with Crippen LogP contribution in [0.3, 0.4) is 0 Å². The SMILES string of the molecule is Cc1nnc(CN(C(=O)[C@@H]2OCC[C@H]2C)C(C)(C)C)o1. The molecule has 0 aromatic carbocycles. The Hall–Kier alpha value is -1.43. The van der Waals surface area contributed by atoms with Gasteiger partial charge < -0.3 is 14.1 Å². The van der Waals surface area contributed by atoms with Crippen molar-refractivity contribution in [3.63, 3.8) is 0 Å². The molecule has 112 valence electrons. The van der Waals surface area contributed by atoms with E-state index in [0.717, 1.165) is 6.42 Å². The second kappa shape index (κ2) is 5.52. The Morgan fingerprint density at radius 1 is 1.40 bits per heavy atom. The molecule has 0 N–H and O–H groups in total. The lowest BCUT2D eigenvalue weighted by Crippen LogP contribution is -2.50. The zero-order chi connectivity index (χ0) is 14.9. The van der Waals surface area contributed by atoms with Crippen LogP contribution in [0.1, 0.15) is 45.9 Å². The standard InChI is InChI=1S/C14H23N3O3/c1-9-6-7-19-12(9)13(18)17(14(3,4)5)8-11-16-15-10(2)20-11/h9,12H,6-8H2,1-5H3/t9-,12-/m1/s1. The number of hydrogen-bond acceptors (Lipinski definition) is 5. The first-order valence-electron chi connectivity index (χ1n) is 7.01. The van der Waals surface area contributed by atoms with Gasteiger partial charge in [-0.2, -0.15) is 0 Å². The molecule has 6 nitrogen and oxygen atoms in total. The minimum absolute atomic E-state index is 0.00152. The van der Waals surface area contributed by atoms with Gasteiger partial charge in [-0.3, -0.25) is 4.79 Å². The first kappa shape index (κ1) is 15.0. The van der Waals surface area contributed by atoms with Crippen molar-refractivity contribution in [1.29, 1.82) is 0 Å². The molecule has 1 aliphatic rings. The molecule has 1 aromatic heterocycles. The molecule has 0 spiro atoms. The summed E-state index contributed by atoms with van der Waals surface area (Å²) in [6, 6.07) is 0. The first-order chi connectivity index (χ1) is 9.29. The van der Waals surface area contributed by atoms with Crippen LogP contribution in [0.2, 0.25) is 0 Å². The number of aromatic nitrogens is 2. The molecule has 1 fully saturated rings. The normalized spacial score (nSPS) is 23.1. The van der Waals surface area contributed by atoms with E-state index in [1.54, 1.807) is 11.8 Å². The van der Waals surface area contributed by atoms with Gasteiger partial charge in [0.25, 0.3) is 5.91 Å². The molecule has 0 aliphatic carbocycles. The summed E-state index contributed by atoms with van der Waals surface area (Å²) < 4.78 is 11.0. The molecule has 2 atom stereocenters. The molecule has 20 heavy (non-hydrogen) atoms. The van der Waals surface area contributed by atoms with Gasteiger partial charge in [-0.05, 0) is 33.1 Å². The number of ether oxygens (including phenoxy) is 1. The Morgan fingerprint density at radius 3 is 2.55 bits per heavy atom. The van der Waals surface area contributed by atoms with E-state index < -0.39 is 0 Å². The molecular weight excluding hydrogens is 258 g/mol. The van der Waals surface area contributed by atoms with E-state index in [4.69, 9.17) is 9.15 Å². The molecule has 0 radical (unpaired) electrons. The quantitative estimate of drug-likeness (QED) is 0.846. The lowest BCUT2D eigenvalue weighted by Gasteiger charge is -2.36. The zero-order valence-corrected chi connectivity index (χ0v) is 12.8. The number of carbonyl (C=O) groups excluding carboxylic acids is 1. The second-order valence-corrected chi connectivity index (χ2v) is 6.37. The van der Waals surface area contributed by atoms with Crippen molar-refractivity contribution in [2.24, 2.45) is 5.92 Å². The highest BCUT2D eigenvalue weighted by Gasteiger charge is 2.38. The number of aryl methyl sites for hydroxylation is 1. The van der Waals surface area contributed by atoms with Gasteiger partial charge in [0, 0.05) is 19.1 Å². The van der Waals surface area contributed by atoms with E-state index in [0.29, 0.717) is 24.9 Å². The van der Waals surface area contributed by atoms with Gasteiger partial charge in [-0.1, -0.05) is 6.92 Å². The molecule has 0 saturated carbocycles. The topological polar surface area (TPSA) is 68.5 Å². The minimum Gasteiger partial charge on any atom is -0.424 e. The molecule has 2 heterocycles. The third-order valence-corrected chi connectivity index (χ3v) is 3.57. The predicted octanol–water partition coefficient (Wildman–Crippen LogP) is 1.93. The average molecular weight is 281 g/mol. The molecule has 6 heteroatoms. The third kappa shape index (κ3) is 3.17. The lowest BCUT2D eigenvalue weighted by atomic mass is 9.99. The summed E-state index contributed by atoms with van der Waals surface area (Å²) in [5.41, 5.74) is -0.328. The number of nitrogens with zero attached hydrogens (tertiary/aromatic N) is 3. The summed E-state index contributed by atoms with van der Waals surface area (Å²) in [4.78, 5) is 14.5. The number of hydrogen-bond donors (Lipinski definition) is 0. The van der Waals surface area contributed by atoms with Gasteiger partial charge in [-0.25, -0.2) is 0 Å². The van der Waals surface area contributed by atoms with Crippen molar-refractivity contribution < 1.29 is 13.9 Å². The van der Waals surface area contributed by atoms with E-state index >= 15 is 0 Å². The van der Waals surface area contributed by atoms with E-state index in [1.807, 2.05) is 27.7 Å². The molecule has 2 rings (SSSR count). The van der Waals surface area contributed by atoms with Crippen LogP contribution in [0.4, 0.5) is 0 Å². The van der Waals surface area contributed by atoms with Crippen molar-refractivity contribution in [2.45, 2.75) is 59.2 Å². The summed E-state index contributed by atoms with van der Waals surface area (Å²) in [6.07, 6.45) is 0.562. The van der Waals surface area contributed by atoms with Crippen molar-refractivity contribution in [3.05, 3.63) is 11.8 Å². The van der Waals surface area contributed by atoms with Gasteiger partial charge in [0.1, 0.15) is 6.10 Å². The summed E-state index contributed by atoms with van der Waals surface area (Å²) >= 11 is 0. The van der Waals surface area contributed by atoms with Crippen LogP contribution in [-0.2, 0) is 16.1 Å². The zero-order valence-electron chi connectivity index (χ0n) is 12.8. The van der Waals surface area contributed by atoms with Crippen molar-refractivity contribution in [3.8, 4) is 0 Å². The number of rotatable bonds is 3. The maximum Gasteiger partial charge on any atom is 0.252 e. The maximum absolute atomic E-state index is 12.7. The molecule has 1 aromatic rings. The number of carbonyl (C=O) groups is 1. The van der Waals surface area contributed by atoms with Crippen molar-refractivity contribution >= 4 is 5.91 Å². The van der Waals surface area contributed by atoms with Gasteiger partial charge in [0.05, 0.1) is 6.54 Å². The molecule has 1 aliphatic heterocycles. The highest BCUT2D eigenvalue weighted by atomic mass is 16.5. The summed E-state index contributed by atoms with van der Waals surface area (Å²) in [6.45, 7) is 10.7. The van der Waals surface area contributed by atoms with Gasteiger partial charge >= 0.3 is 0 Å². The van der Waals surface area contributed by atoms with Crippen LogP contribution in [0.5, 0.6) is 0 Å². The highest BCUT2D eigenvalue weighted by molar-refractivity contribution is 5.82. The Kier molecular flexibility index (Phi) is 4.13. The van der Waals surface area contributed by atoms with Gasteiger partial charge in [0.15, 0.2) is 0 Å². The molecule has 0 bridgehead atoms. The lowest BCUT2D eigenvalue weighted by molar-refractivity contribution is -0.148. The van der Waals surface area contributed by atoms with Crippen LogP contribution >= 0.6 is 0 Å². The fourth-order valence-corrected chi connectivity index (χ4v) is 2.35. The maximum atomic E-state index is 12.7. The molecule has 1 amide bonds. The minimum atomic E-state index is -0.363. The van der Waals surface area contributed by atoms with Crippen molar-refractivity contribution in [2.75, 3.05) is 6.61 Å². The fraction of sp³-hybridized carbons (Fsp3) is 0.786. The monoisotopic (exact) mass is 281 g/mol. The fourth-order valence-electron chi connectivity index (χ4n) is 2.35. The molecule has 0 unspecified atom stereocenters. The number of amides is 1. The van der Waals surface area contributed by atoms with E-state index in [9.17, 15) is 4.79 Å². The first-order valence-corrected chi connectivity index (χ1v) is 7.01. The summed E-state index contributed by atoms with van der Waals surface area (Å²) in [5.74, 6) is 1.21. The van der Waals surface area contributed by atoms with Gasteiger partial charge in [0.2, 0.25) is 11.8 Å². The second-order valence-electron chi connectivity index (χ2n) is 6.37.